The van der Waals surface area contributed by atoms with Gasteiger partial charge in [-0.15, -0.1) is 0 Å². The van der Waals surface area contributed by atoms with Gasteiger partial charge >= 0.3 is 0 Å². The lowest BCUT2D eigenvalue weighted by molar-refractivity contribution is -0.122. The summed E-state index contributed by atoms with van der Waals surface area (Å²) < 4.78 is 11.2. The first kappa shape index (κ1) is 12.9. The van der Waals surface area contributed by atoms with Crippen LogP contribution >= 0.6 is 0 Å². The van der Waals surface area contributed by atoms with E-state index in [1.807, 2.05) is 35.2 Å². The number of carbonyl (C=O) groups is 1. The molecule has 1 N–H and O–H groups in total. The number of amides is 1. The summed E-state index contributed by atoms with van der Waals surface area (Å²) in [5.41, 5.74) is 6.96. The van der Waals surface area contributed by atoms with Crippen molar-refractivity contribution in [1.82, 2.24) is 10.6 Å². The predicted octanol–water partition coefficient (Wildman–Crippen LogP) is 0.576. The van der Waals surface area contributed by atoms with E-state index in [-0.39, 0.29) is 12.6 Å². The number of rotatable bonds is 5. The smallest absolute Gasteiger partial charge is 0.252 e. The molecular weight excluding hydrogens is 232 g/mol. The van der Waals surface area contributed by atoms with Gasteiger partial charge in [-0.3, -0.25) is 15.4 Å². The van der Waals surface area contributed by atoms with Crippen LogP contribution in [0, 0.1) is 0 Å². The average Bonchev–Trinajstić information content (AvgIpc) is 2.37. The molecule has 1 aromatic rings. The second-order valence-corrected chi connectivity index (χ2v) is 4.28. The maximum absolute atomic E-state index is 10.8. The highest BCUT2D eigenvalue weighted by Crippen LogP contribution is 2.11. The van der Waals surface area contributed by atoms with E-state index in [2.05, 4.69) is 0 Å². The van der Waals surface area contributed by atoms with Gasteiger partial charge in [-0.2, -0.15) is 0 Å². The Balaban J connectivity index is 1.77. The van der Waals surface area contributed by atoms with E-state index >= 15 is 0 Å². The summed E-state index contributed by atoms with van der Waals surface area (Å²) in [6.45, 7) is 2.55. The van der Waals surface area contributed by atoms with E-state index in [4.69, 9.17) is 15.2 Å². The number of nitrogens with zero attached hydrogens (tertiary/aromatic N) is 1. The number of benzene rings is 1. The van der Waals surface area contributed by atoms with Crippen LogP contribution in [0.2, 0.25) is 0 Å². The summed E-state index contributed by atoms with van der Waals surface area (Å²) >= 11 is 0. The molecule has 1 unspecified atom stereocenters. The molecule has 5 nitrogen and oxygen atoms in total. The molecule has 1 heterocycles. The lowest BCUT2D eigenvalue weighted by Crippen LogP contribution is -2.46. The summed E-state index contributed by atoms with van der Waals surface area (Å²) in [7, 11) is 0. The fourth-order valence-corrected chi connectivity index (χ4v) is 1.93. The van der Waals surface area contributed by atoms with Crippen molar-refractivity contribution in [3.05, 3.63) is 30.3 Å². The van der Waals surface area contributed by atoms with Crippen LogP contribution in [0.1, 0.15) is 0 Å². The van der Waals surface area contributed by atoms with Gasteiger partial charge in [-0.05, 0) is 12.1 Å². The highest BCUT2D eigenvalue weighted by atomic mass is 16.5. The van der Waals surface area contributed by atoms with Crippen LogP contribution in [0.5, 0.6) is 5.75 Å². The van der Waals surface area contributed by atoms with Gasteiger partial charge in [-0.1, -0.05) is 18.2 Å². The lowest BCUT2D eigenvalue weighted by Gasteiger charge is -2.31. The van der Waals surface area contributed by atoms with Gasteiger partial charge in [0.05, 0.1) is 13.2 Å². The van der Waals surface area contributed by atoms with E-state index in [1.54, 1.807) is 0 Å². The Bertz CT molecular complexity index is 383. The van der Waals surface area contributed by atoms with Crippen molar-refractivity contribution < 1.29 is 14.3 Å². The number of carbonyl (C=O) groups excluding carboxylic acids is 1. The van der Waals surface area contributed by atoms with Crippen LogP contribution in [0.3, 0.4) is 0 Å². The van der Waals surface area contributed by atoms with E-state index in [0.717, 1.165) is 5.75 Å². The fraction of sp³-hybridized carbons (Fsp3) is 0.462. The third-order valence-corrected chi connectivity index (χ3v) is 2.77. The zero-order valence-electron chi connectivity index (χ0n) is 10.2. The molecule has 18 heavy (non-hydrogen) atoms. The van der Waals surface area contributed by atoms with E-state index in [9.17, 15) is 4.79 Å². The van der Waals surface area contributed by atoms with Crippen molar-refractivity contribution in [2.24, 2.45) is 0 Å². The lowest BCUT2D eigenvalue weighted by atomic mass is 10.3. The Labute approximate surface area is 106 Å². The minimum atomic E-state index is -0.556. The van der Waals surface area contributed by atoms with E-state index in [0.29, 0.717) is 26.3 Å². The van der Waals surface area contributed by atoms with Crippen molar-refractivity contribution in [3.63, 3.8) is 0 Å². The van der Waals surface area contributed by atoms with Gasteiger partial charge in [0, 0.05) is 13.1 Å². The number of hydrogen-bond acceptors (Lipinski definition) is 4. The van der Waals surface area contributed by atoms with Gasteiger partial charge in [0.25, 0.3) is 5.91 Å². The Hall–Kier alpha value is -1.59. The molecule has 0 saturated carbocycles. The van der Waals surface area contributed by atoms with E-state index < -0.39 is 5.91 Å². The van der Waals surface area contributed by atoms with E-state index in [1.165, 1.54) is 0 Å². The van der Waals surface area contributed by atoms with Gasteiger partial charge in [-0.25, -0.2) is 0 Å². The second-order valence-electron chi connectivity index (χ2n) is 4.28. The minimum absolute atomic E-state index is 0.0432. The first-order chi connectivity index (χ1) is 8.74. The van der Waals surface area contributed by atoms with Crippen molar-refractivity contribution in [2.45, 2.75) is 6.10 Å². The first-order valence-electron chi connectivity index (χ1n) is 6.00. The monoisotopic (exact) mass is 249 g/mol. The van der Waals surface area contributed by atoms with Crippen LogP contribution < -0.4 is 10.5 Å². The fourth-order valence-electron chi connectivity index (χ4n) is 1.93. The van der Waals surface area contributed by atoms with Gasteiger partial charge < -0.3 is 9.47 Å². The number of para-hydroxylation sites is 1. The Morgan fingerprint density at radius 3 is 2.94 bits per heavy atom. The maximum atomic E-state index is 10.8. The predicted molar refractivity (Wildman–Crippen MR) is 66.2 cm³/mol. The number of ether oxygens (including phenoxy) is 2. The quantitative estimate of drug-likeness (QED) is 0.765. The Morgan fingerprint density at radius 2 is 2.22 bits per heavy atom. The SMILES string of the molecule is [NH]C(=O)CN1CCOC(COc2ccccc2)C1. The minimum Gasteiger partial charge on any atom is -0.491 e. The van der Waals surface area contributed by atoms with Crippen LogP contribution in [0.4, 0.5) is 0 Å². The molecule has 2 rings (SSSR count). The van der Waals surface area contributed by atoms with Crippen molar-refractivity contribution in [1.29, 1.82) is 0 Å². The number of hydrogen-bond donors (Lipinski definition) is 0. The maximum Gasteiger partial charge on any atom is 0.252 e. The van der Waals surface area contributed by atoms with Crippen molar-refractivity contribution in [2.75, 3.05) is 32.8 Å². The van der Waals surface area contributed by atoms with Crippen LogP contribution in [0.15, 0.2) is 30.3 Å². The zero-order valence-corrected chi connectivity index (χ0v) is 10.2. The molecule has 0 aliphatic carbocycles. The van der Waals surface area contributed by atoms with Gasteiger partial charge in [0.2, 0.25) is 0 Å². The standard InChI is InChI=1S/C13H17N2O3/c14-13(16)9-15-6-7-17-12(8-15)10-18-11-4-2-1-3-5-11/h1-5,12,14H,6-10H2. The van der Waals surface area contributed by atoms with Crippen LogP contribution in [-0.4, -0.2) is 49.8 Å². The summed E-state index contributed by atoms with van der Waals surface area (Å²) in [6.07, 6.45) is -0.0432. The molecule has 0 bridgehead atoms. The highest BCUT2D eigenvalue weighted by Gasteiger charge is 2.22. The van der Waals surface area contributed by atoms with Gasteiger partial charge in [0.1, 0.15) is 18.5 Å². The zero-order chi connectivity index (χ0) is 12.8. The van der Waals surface area contributed by atoms with Crippen LogP contribution in [-0.2, 0) is 9.53 Å². The summed E-state index contributed by atoms with van der Waals surface area (Å²) in [5, 5.41) is 0. The van der Waals surface area contributed by atoms with Gasteiger partial charge in [0.15, 0.2) is 0 Å². The molecule has 1 atom stereocenters. The van der Waals surface area contributed by atoms with Crippen LogP contribution in [0.25, 0.3) is 0 Å². The summed E-state index contributed by atoms with van der Waals surface area (Å²) in [5.74, 6) is 0.259. The first-order valence-corrected chi connectivity index (χ1v) is 6.00. The van der Waals surface area contributed by atoms with Crippen molar-refractivity contribution >= 4 is 5.91 Å². The third kappa shape index (κ3) is 4.01. The highest BCUT2D eigenvalue weighted by molar-refractivity contribution is 5.75. The molecule has 0 aromatic heterocycles. The topological polar surface area (TPSA) is 62.6 Å². The summed E-state index contributed by atoms with van der Waals surface area (Å²) in [6, 6.07) is 9.57. The molecule has 1 aliphatic rings. The normalized spacial score (nSPS) is 20.6. The molecule has 1 radical (unpaired) electrons. The molecule has 1 amide bonds. The molecule has 1 saturated heterocycles. The second kappa shape index (κ2) is 6.37. The average molecular weight is 249 g/mol. The summed E-state index contributed by atoms with van der Waals surface area (Å²) in [4.78, 5) is 12.7. The molecular formula is C13H17N2O3. The molecule has 5 heteroatoms. The number of nitrogens with one attached hydrogen (secondary N) is 1. The largest absolute Gasteiger partial charge is 0.491 e. The molecule has 1 aromatic carbocycles. The molecule has 97 valence electrons. The molecule has 1 fully saturated rings. The number of morpholine rings is 1. The Morgan fingerprint density at radius 1 is 1.44 bits per heavy atom. The third-order valence-electron chi connectivity index (χ3n) is 2.77. The van der Waals surface area contributed by atoms with Crippen molar-refractivity contribution in [3.8, 4) is 5.75 Å². The molecule has 0 spiro atoms. The Kier molecular flexibility index (Phi) is 4.55. The molecule has 1 aliphatic heterocycles.